The van der Waals surface area contributed by atoms with Gasteiger partial charge in [-0.2, -0.15) is 0 Å². The van der Waals surface area contributed by atoms with Crippen LogP contribution in [0, 0.1) is 5.92 Å². The minimum atomic E-state index is 0.616. The second kappa shape index (κ2) is 2.48. The van der Waals surface area contributed by atoms with E-state index in [0.717, 1.165) is 11.7 Å². The molecule has 1 aliphatic carbocycles. The molecule has 2 unspecified atom stereocenters. The van der Waals surface area contributed by atoms with Crippen LogP contribution in [0.2, 0.25) is 0 Å². The molecular weight excluding hydrogens is 162 g/mol. The molecule has 1 fully saturated rings. The lowest BCUT2D eigenvalue weighted by Crippen LogP contribution is -2.43. The fourth-order valence-electron chi connectivity index (χ4n) is 2.41. The van der Waals surface area contributed by atoms with Crippen molar-refractivity contribution >= 4 is 0 Å². The summed E-state index contributed by atoms with van der Waals surface area (Å²) >= 11 is 0. The molecule has 0 spiro atoms. The van der Waals surface area contributed by atoms with Gasteiger partial charge in [0.2, 0.25) is 0 Å². The van der Waals surface area contributed by atoms with Gasteiger partial charge in [-0.05, 0) is 35.6 Å². The van der Waals surface area contributed by atoms with Crippen LogP contribution in [0.15, 0.2) is 18.2 Å². The molecule has 68 valence electrons. The van der Waals surface area contributed by atoms with Gasteiger partial charge in [-0.3, -0.25) is 0 Å². The van der Waals surface area contributed by atoms with Crippen LogP contribution in [0.4, 0.5) is 0 Å². The van der Waals surface area contributed by atoms with Gasteiger partial charge in [-0.1, -0.05) is 6.07 Å². The Balaban J connectivity index is 2.05. The molecule has 1 heterocycles. The van der Waals surface area contributed by atoms with Gasteiger partial charge in [0, 0.05) is 12.6 Å². The number of hydrogen-bond donors (Lipinski definition) is 1. The standard InChI is InChI=1S/C11H13NO/c1-13-9-3-2-7-4-8-6-12-11(8)10(7)5-9/h2-3,5,8,11-12H,4,6H2,1H3. The van der Waals surface area contributed by atoms with E-state index < -0.39 is 0 Å². The summed E-state index contributed by atoms with van der Waals surface area (Å²) in [5.74, 6) is 1.83. The Morgan fingerprint density at radius 2 is 2.38 bits per heavy atom. The monoisotopic (exact) mass is 175 g/mol. The number of nitrogens with one attached hydrogen (secondary N) is 1. The number of ether oxygens (including phenoxy) is 1. The number of hydrogen-bond acceptors (Lipinski definition) is 2. The maximum atomic E-state index is 5.22. The third kappa shape index (κ3) is 0.923. The highest BCUT2D eigenvalue weighted by Crippen LogP contribution is 2.42. The van der Waals surface area contributed by atoms with E-state index >= 15 is 0 Å². The molecule has 3 rings (SSSR count). The quantitative estimate of drug-likeness (QED) is 0.698. The molecule has 0 saturated carbocycles. The zero-order valence-electron chi connectivity index (χ0n) is 7.71. The van der Waals surface area contributed by atoms with Crippen LogP contribution in [0.5, 0.6) is 5.75 Å². The Hall–Kier alpha value is -1.02. The maximum absolute atomic E-state index is 5.22. The van der Waals surface area contributed by atoms with E-state index in [2.05, 4.69) is 23.5 Å². The van der Waals surface area contributed by atoms with E-state index in [1.54, 1.807) is 7.11 Å². The third-order valence-electron chi connectivity index (χ3n) is 3.24. The van der Waals surface area contributed by atoms with E-state index in [1.165, 1.54) is 24.1 Å². The van der Waals surface area contributed by atoms with Crippen molar-refractivity contribution in [2.75, 3.05) is 13.7 Å². The van der Waals surface area contributed by atoms with Gasteiger partial charge in [0.05, 0.1) is 7.11 Å². The summed E-state index contributed by atoms with van der Waals surface area (Å²) in [6.07, 6.45) is 1.25. The molecule has 0 radical (unpaired) electrons. The molecule has 13 heavy (non-hydrogen) atoms. The van der Waals surface area contributed by atoms with Gasteiger partial charge < -0.3 is 10.1 Å². The minimum absolute atomic E-state index is 0.616. The van der Waals surface area contributed by atoms with Crippen molar-refractivity contribution in [2.24, 2.45) is 5.92 Å². The van der Waals surface area contributed by atoms with Crippen molar-refractivity contribution in [3.8, 4) is 5.75 Å². The Bertz CT molecular complexity index is 348. The summed E-state index contributed by atoms with van der Waals surface area (Å²) in [5.41, 5.74) is 2.96. The Kier molecular flexibility index (Phi) is 1.41. The normalized spacial score (nSPS) is 29.0. The van der Waals surface area contributed by atoms with Crippen LogP contribution in [0.1, 0.15) is 17.2 Å². The molecule has 2 aliphatic rings. The summed E-state index contributed by atoms with van der Waals surface area (Å²) in [7, 11) is 1.72. The summed E-state index contributed by atoms with van der Waals surface area (Å²) in [6, 6.07) is 7.05. The zero-order valence-corrected chi connectivity index (χ0v) is 7.71. The second-order valence-corrected chi connectivity index (χ2v) is 3.91. The van der Waals surface area contributed by atoms with Gasteiger partial charge in [0.25, 0.3) is 0 Å². The topological polar surface area (TPSA) is 21.3 Å². The summed E-state index contributed by atoms with van der Waals surface area (Å²) in [6.45, 7) is 1.18. The molecule has 0 bridgehead atoms. The zero-order chi connectivity index (χ0) is 8.84. The number of benzene rings is 1. The van der Waals surface area contributed by atoms with Crippen molar-refractivity contribution < 1.29 is 4.74 Å². The Labute approximate surface area is 77.9 Å². The predicted octanol–water partition coefficient (Wildman–Crippen LogP) is 1.51. The molecule has 1 aromatic rings. The van der Waals surface area contributed by atoms with Crippen molar-refractivity contribution in [2.45, 2.75) is 12.5 Å². The lowest BCUT2D eigenvalue weighted by atomic mass is 9.93. The van der Waals surface area contributed by atoms with Crippen molar-refractivity contribution in [3.05, 3.63) is 29.3 Å². The molecule has 1 aliphatic heterocycles. The van der Waals surface area contributed by atoms with Gasteiger partial charge in [0.1, 0.15) is 5.75 Å². The molecule has 0 amide bonds. The van der Waals surface area contributed by atoms with Crippen LogP contribution >= 0.6 is 0 Å². The molecular formula is C11H13NO. The molecule has 2 nitrogen and oxygen atoms in total. The van der Waals surface area contributed by atoms with Gasteiger partial charge >= 0.3 is 0 Å². The molecule has 2 atom stereocenters. The minimum Gasteiger partial charge on any atom is -0.497 e. The number of rotatable bonds is 1. The average molecular weight is 175 g/mol. The first-order valence-electron chi connectivity index (χ1n) is 4.78. The molecule has 1 N–H and O–H groups in total. The van der Waals surface area contributed by atoms with Gasteiger partial charge in [-0.15, -0.1) is 0 Å². The first-order valence-corrected chi connectivity index (χ1v) is 4.78. The predicted molar refractivity (Wildman–Crippen MR) is 50.9 cm³/mol. The van der Waals surface area contributed by atoms with Crippen LogP contribution < -0.4 is 10.1 Å². The molecule has 1 aromatic carbocycles. The first kappa shape index (κ1) is 7.39. The van der Waals surface area contributed by atoms with Crippen LogP contribution in [-0.4, -0.2) is 13.7 Å². The van der Waals surface area contributed by atoms with E-state index in [4.69, 9.17) is 4.74 Å². The maximum Gasteiger partial charge on any atom is 0.119 e. The van der Waals surface area contributed by atoms with Crippen molar-refractivity contribution in [3.63, 3.8) is 0 Å². The highest BCUT2D eigenvalue weighted by Gasteiger charge is 2.38. The van der Waals surface area contributed by atoms with Crippen LogP contribution in [0.25, 0.3) is 0 Å². The Morgan fingerprint density at radius 3 is 3.08 bits per heavy atom. The summed E-state index contributed by atoms with van der Waals surface area (Å²) < 4.78 is 5.22. The third-order valence-corrected chi connectivity index (χ3v) is 3.24. The molecule has 1 saturated heterocycles. The van der Waals surface area contributed by atoms with Gasteiger partial charge in [0.15, 0.2) is 0 Å². The van der Waals surface area contributed by atoms with Crippen molar-refractivity contribution in [1.29, 1.82) is 0 Å². The largest absolute Gasteiger partial charge is 0.497 e. The second-order valence-electron chi connectivity index (χ2n) is 3.91. The lowest BCUT2D eigenvalue weighted by Gasteiger charge is -2.32. The molecule has 2 heteroatoms. The number of fused-ring (bicyclic) bond motifs is 3. The SMILES string of the molecule is COc1ccc2c(c1)C1NCC1C2. The first-order chi connectivity index (χ1) is 6.38. The van der Waals surface area contributed by atoms with E-state index in [0.29, 0.717) is 6.04 Å². The lowest BCUT2D eigenvalue weighted by molar-refractivity contribution is 0.260. The Morgan fingerprint density at radius 1 is 1.46 bits per heavy atom. The fraction of sp³-hybridized carbons (Fsp3) is 0.455. The van der Waals surface area contributed by atoms with E-state index in [9.17, 15) is 0 Å². The van der Waals surface area contributed by atoms with Crippen LogP contribution in [0.3, 0.4) is 0 Å². The van der Waals surface area contributed by atoms with Crippen LogP contribution in [-0.2, 0) is 6.42 Å². The van der Waals surface area contributed by atoms with Crippen molar-refractivity contribution in [1.82, 2.24) is 5.32 Å². The highest BCUT2D eigenvalue weighted by molar-refractivity contribution is 5.43. The van der Waals surface area contributed by atoms with Gasteiger partial charge in [-0.25, -0.2) is 0 Å². The van der Waals surface area contributed by atoms with E-state index in [1.807, 2.05) is 0 Å². The average Bonchev–Trinajstić information content (AvgIpc) is 2.37. The summed E-state index contributed by atoms with van der Waals surface area (Å²) in [4.78, 5) is 0. The fourth-order valence-corrected chi connectivity index (χ4v) is 2.41. The number of methoxy groups -OCH3 is 1. The summed E-state index contributed by atoms with van der Waals surface area (Å²) in [5, 5.41) is 3.46. The highest BCUT2D eigenvalue weighted by atomic mass is 16.5. The molecule has 0 aromatic heterocycles. The van der Waals surface area contributed by atoms with E-state index in [-0.39, 0.29) is 0 Å². The smallest absolute Gasteiger partial charge is 0.119 e.